The van der Waals surface area contributed by atoms with Crippen molar-refractivity contribution in [1.29, 1.82) is 0 Å². The Morgan fingerprint density at radius 1 is 1.13 bits per heavy atom. The van der Waals surface area contributed by atoms with Crippen LogP contribution in [0.2, 0.25) is 0 Å². The normalized spacial score (nSPS) is 18.2. The van der Waals surface area contributed by atoms with Crippen molar-refractivity contribution in [2.24, 2.45) is 5.92 Å². The van der Waals surface area contributed by atoms with Crippen LogP contribution in [0.1, 0.15) is 38.7 Å². The fourth-order valence-electron chi connectivity index (χ4n) is 2.40. The van der Waals surface area contributed by atoms with E-state index in [2.05, 4.69) is 13.8 Å². The summed E-state index contributed by atoms with van der Waals surface area (Å²) in [6, 6.07) is 3.91. The Bertz CT molecular complexity index is 345. The van der Waals surface area contributed by atoms with Gasteiger partial charge in [0.2, 0.25) is 0 Å². The quantitative estimate of drug-likeness (QED) is 0.706. The highest BCUT2D eigenvalue weighted by Gasteiger charge is 2.44. The van der Waals surface area contributed by atoms with Crippen LogP contribution in [-0.4, -0.2) is 0 Å². The fraction of sp³-hybridized carbons (Fsp3) is 0.538. The third-order valence-electron chi connectivity index (χ3n) is 3.13. The van der Waals surface area contributed by atoms with Gasteiger partial charge in [-0.15, -0.1) is 0 Å². The summed E-state index contributed by atoms with van der Waals surface area (Å²) in [5.41, 5.74) is 0.908. The Labute approximate surface area is 89.3 Å². The van der Waals surface area contributed by atoms with Crippen molar-refractivity contribution in [1.82, 2.24) is 0 Å². The van der Waals surface area contributed by atoms with Crippen molar-refractivity contribution < 1.29 is 8.78 Å². The maximum Gasteiger partial charge on any atom is 0.126 e. The van der Waals surface area contributed by atoms with E-state index in [1.54, 1.807) is 0 Å². The van der Waals surface area contributed by atoms with Gasteiger partial charge in [-0.1, -0.05) is 13.8 Å². The summed E-state index contributed by atoms with van der Waals surface area (Å²) in [6.07, 6.45) is 3.15. The van der Waals surface area contributed by atoms with Crippen LogP contribution in [0.5, 0.6) is 0 Å². The largest absolute Gasteiger partial charge is 0.207 e. The number of hydrogen-bond acceptors (Lipinski definition) is 0. The number of halogens is 2. The third kappa shape index (κ3) is 2.19. The van der Waals surface area contributed by atoms with E-state index in [4.69, 9.17) is 0 Å². The minimum absolute atomic E-state index is 0.0666. The molecule has 0 spiro atoms. The van der Waals surface area contributed by atoms with Gasteiger partial charge in [0.1, 0.15) is 11.6 Å². The zero-order chi connectivity index (χ0) is 11.1. The molecular formula is C13H16F2. The molecule has 2 heteroatoms. The zero-order valence-electron chi connectivity index (χ0n) is 9.19. The summed E-state index contributed by atoms with van der Waals surface area (Å²) in [6.45, 7) is 4.30. The van der Waals surface area contributed by atoms with Crippen LogP contribution in [0, 0.1) is 17.6 Å². The lowest BCUT2D eigenvalue weighted by molar-refractivity contribution is 0.480. The SMILES string of the molecule is CC(C)CC1(c2cc(F)cc(F)c2)CC1. The van der Waals surface area contributed by atoms with Crippen molar-refractivity contribution in [2.75, 3.05) is 0 Å². The van der Waals surface area contributed by atoms with Crippen molar-refractivity contribution in [3.63, 3.8) is 0 Å². The van der Waals surface area contributed by atoms with Gasteiger partial charge in [0.15, 0.2) is 0 Å². The van der Waals surface area contributed by atoms with Crippen LogP contribution in [0.25, 0.3) is 0 Å². The summed E-state index contributed by atoms with van der Waals surface area (Å²) in [7, 11) is 0. The summed E-state index contributed by atoms with van der Waals surface area (Å²) in [4.78, 5) is 0. The molecule has 0 unspecified atom stereocenters. The topological polar surface area (TPSA) is 0 Å². The Morgan fingerprint density at radius 3 is 2.07 bits per heavy atom. The van der Waals surface area contributed by atoms with Crippen LogP contribution in [0.15, 0.2) is 18.2 Å². The molecule has 82 valence electrons. The van der Waals surface area contributed by atoms with E-state index < -0.39 is 11.6 Å². The third-order valence-corrected chi connectivity index (χ3v) is 3.13. The Balaban J connectivity index is 2.29. The molecule has 1 aliphatic rings. The molecule has 0 heterocycles. The van der Waals surface area contributed by atoms with Crippen molar-refractivity contribution in [2.45, 2.75) is 38.5 Å². The molecule has 0 radical (unpaired) electrons. The molecule has 0 aromatic heterocycles. The van der Waals surface area contributed by atoms with Gasteiger partial charge in [0.25, 0.3) is 0 Å². The minimum Gasteiger partial charge on any atom is -0.207 e. The number of rotatable bonds is 3. The van der Waals surface area contributed by atoms with Crippen LogP contribution in [0.3, 0.4) is 0 Å². The first-order chi connectivity index (χ1) is 7.02. The molecule has 1 fully saturated rings. The molecular weight excluding hydrogens is 194 g/mol. The Kier molecular flexibility index (Phi) is 2.53. The van der Waals surface area contributed by atoms with Gasteiger partial charge in [-0.05, 0) is 48.3 Å². The number of hydrogen-bond donors (Lipinski definition) is 0. The van der Waals surface area contributed by atoms with Gasteiger partial charge in [-0.25, -0.2) is 8.78 Å². The van der Waals surface area contributed by atoms with Crippen molar-refractivity contribution in [3.05, 3.63) is 35.4 Å². The summed E-state index contributed by atoms with van der Waals surface area (Å²) in [5.74, 6) is -0.348. The molecule has 1 aromatic rings. The molecule has 15 heavy (non-hydrogen) atoms. The molecule has 1 aromatic carbocycles. The smallest absolute Gasteiger partial charge is 0.126 e. The van der Waals surface area contributed by atoms with Gasteiger partial charge in [0, 0.05) is 6.07 Å². The monoisotopic (exact) mass is 210 g/mol. The van der Waals surface area contributed by atoms with Gasteiger partial charge in [-0.3, -0.25) is 0 Å². The molecule has 0 bridgehead atoms. The molecule has 0 atom stereocenters. The van der Waals surface area contributed by atoms with Crippen LogP contribution in [0.4, 0.5) is 8.78 Å². The average molecular weight is 210 g/mol. The van der Waals surface area contributed by atoms with Gasteiger partial charge >= 0.3 is 0 Å². The zero-order valence-corrected chi connectivity index (χ0v) is 9.19. The van der Waals surface area contributed by atoms with Crippen molar-refractivity contribution >= 4 is 0 Å². The summed E-state index contributed by atoms with van der Waals surface area (Å²) in [5, 5.41) is 0. The fourth-order valence-corrected chi connectivity index (χ4v) is 2.40. The first-order valence-corrected chi connectivity index (χ1v) is 5.48. The van der Waals surface area contributed by atoms with Gasteiger partial charge in [0.05, 0.1) is 0 Å². The van der Waals surface area contributed by atoms with Gasteiger partial charge in [-0.2, -0.15) is 0 Å². The molecule has 2 rings (SSSR count). The maximum atomic E-state index is 13.1. The molecule has 1 aliphatic carbocycles. The van der Waals surface area contributed by atoms with E-state index in [1.165, 1.54) is 12.1 Å². The molecule has 0 nitrogen and oxygen atoms in total. The van der Waals surface area contributed by atoms with E-state index in [9.17, 15) is 8.78 Å². The van der Waals surface area contributed by atoms with Crippen LogP contribution >= 0.6 is 0 Å². The standard InChI is InChI=1S/C13H16F2/c1-9(2)8-13(3-4-13)10-5-11(14)7-12(15)6-10/h5-7,9H,3-4,8H2,1-2H3. The van der Waals surface area contributed by atoms with Crippen LogP contribution in [-0.2, 0) is 5.41 Å². The second-order valence-electron chi connectivity index (χ2n) is 5.04. The minimum atomic E-state index is -0.458. The Morgan fingerprint density at radius 2 is 1.67 bits per heavy atom. The van der Waals surface area contributed by atoms with Crippen LogP contribution < -0.4 is 0 Å². The molecule has 0 N–H and O–H groups in total. The maximum absolute atomic E-state index is 13.1. The van der Waals surface area contributed by atoms with E-state index in [1.807, 2.05) is 0 Å². The second kappa shape index (κ2) is 3.58. The molecule has 0 saturated heterocycles. The summed E-state index contributed by atoms with van der Waals surface area (Å²) < 4.78 is 26.2. The Hall–Kier alpha value is -0.920. The highest BCUT2D eigenvalue weighted by atomic mass is 19.1. The molecule has 0 amide bonds. The van der Waals surface area contributed by atoms with Gasteiger partial charge < -0.3 is 0 Å². The highest BCUT2D eigenvalue weighted by molar-refractivity contribution is 5.32. The summed E-state index contributed by atoms with van der Waals surface area (Å²) >= 11 is 0. The predicted molar refractivity (Wildman–Crippen MR) is 56.7 cm³/mol. The first-order valence-electron chi connectivity index (χ1n) is 5.48. The molecule has 1 saturated carbocycles. The lowest BCUT2D eigenvalue weighted by Crippen LogP contribution is -2.10. The predicted octanol–water partition coefficient (Wildman–Crippen LogP) is 4.04. The lowest BCUT2D eigenvalue weighted by atomic mass is 9.87. The van der Waals surface area contributed by atoms with E-state index in [0.717, 1.165) is 30.9 Å². The van der Waals surface area contributed by atoms with Crippen molar-refractivity contribution in [3.8, 4) is 0 Å². The van der Waals surface area contributed by atoms with E-state index in [0.29, 0.717) is 5.92 Å². The highest BCUT2D eigenvalue weighted by Crippen LogP contribution is 2.52. The number of benzene rings is 1. The second-order valence-corrected chi connectivity index (χ2v) is 5.04. The molecule has 0 aliphatic heterocycles. The van der Waals surface area contributed by atoms with E-state index in [-0.39, 0.29) is 5.41 Å². The van der Waals surface area contributed by atoms with E-state index >= 15 is 0 Å². The average Bonchev–Trinajstić information content (AvgIpc) is 2.82. The first kappa shape index (κ1) is 10.6. The lowest BCUT2D eigenvalue weighted by Gasteiger charge is -2.18.